The molecule has 0 aromatic heterocycles. The van der Waals surface area contributed by atoms with Gasteiger partial charge in [0.05, 0.1) is 0 Å². The van der Waals surface area contributed by atoms with E-state index in [9.17, 15) is 9.59 Å². The van der Waals surface area contributed by atoms with E-state index in [2.05, 4.69) is 26.1 Å². The Morgan fingerprint density at radius 3 is 2.29 bits per heavy atom. The average molecular weight is 295 g/mol. The second-order valence-electron chi connectivity index (χ2n) is 6.92. The van der Waals surface area contributed by atoms with Crippen molar-refractivity contribution in [2.24, 2.45) is 11.8 Å². The molecule has 5 heteroatoms. The third-order valence-electron chi connectivity index (χ3n) is 4.22. The molecule has 120 valence electrons. The van der Waals surface area contributed by atoms with Crippen LogP contribution in [0.2, 0.25) is 0 Å². The third-order valence-corrected chi connectivity index (χ3v) is 4.22. The first-order chi connectivity index (χ1) is 9.97. The standard InChI is InChI=1S/C16H29N3O2/c1-12(2)11-13(3)17-16(21)19-8-4-7-18(9-10-19)15(20)14-5-6-14/h12-14H,4-11H2,1-3H3,(H,17,21)/t13-/m0/s1. The summed E-state index contributed by atoms with van der Waals surface area (Å²) in [6, 6.07) is 0.217. The maximum atomic E-state index is 12.3. The lowest BCUT2D eigenvalue weighted by molar-refractivity contribution is -0.132. The van der Waals surface area contributed by atoms with E-state index in [0.717, 1.165) is 38.8 Å². The average Bonchev–Trinajstić information content (AvgIpc) is 3.23. The second-order valence-corrected chi connectivity index (χ2v) is 6.92. The van der Waals surface area contributed by atoms with Gasteiger partial charge >= 0.3 is 6.03 Å². The van der Waals surface area contributed by atoms with Crippen LogP contribution in [0.1, 0.15) is 46.5 Å². The Bertz CT molecular complexity index is 380. The molecule has 1 atom stereocenters. The van der Waals surface area contributed by atoms with E-state index in [4.69, 9.17) is 0 Å². The van der Waals surface area contributed by atoms with E-state index in [0.29, 0.717) is 24.9 Å². The fourth-order valence-electron chi connectivity index (χ4n) is 3.00. The van der Waals surface area contributed by atoms with Gasteiger partial charge in [-0.2, -0.15) is 0 Å². The normalized spacial score (nSPS) is 21.1. The minimum Gasteiger partial charge on any atom is -0.341 e. The number of rotatable bonds is 4. The largest absolute Gasteiger partial charge is 0.341 e. The van der Waals surface area contributed by atoms with Gasteiger partial charge in [-0.1, -0.05) is 13.8 Å². The van der Waals surface area contributed by atoms with Gasteiger partial charge in [-0.05, 0) is 38.5 Å². The van der Waals surface area contributed by atoms with Crippen LogP contribution in [0.15, 0.2) is 0 Å². The Morgan fingerprint density at radius 2 is 1.67 bits per heavy atom. The molecular weight excluding hydrogens is 266 g/mol. The van der Waals surface area contributed by atoms with E-state index in [1.165, 1.54) is 0 Å². The van der Waals surface area contributed by atoms with Crippen molar-refractivity contribution < 1.29 is 9.59 Å². The highest BCUT2D eigenvalue weighted by molar-refractivity contribution is 5.81. The van der Waals surface area contributed by atoms with E-state index in [1.54, 1.807) is 0 Å². The van der Waals surface area contributed by atoms with Crippen LogP contribution in [-0.2, 0) is 4.79 Å². The fraction of sp³-hybridized carbons (Fsp3) is 0.875. The molecule has 21 heavy (non-hydrogen) atoms. The Labute approximate surface area is 128 Å². The number of nitrogens with one attached hydrogen (secondary N) is 1. The summed E-state index contributed by atoms with van der Waals surface area (Å²) in [7, 11) is 0. The van der Waals surface area contributed by atoms with E-state index < -0.39 is 0 Å². The van der Waals surface area contributed by atoms with Crippen molar-refractivity contribution in [3.63, 3.8) is 0 Å². The Morgan fingerprint density at radius 1 is 1.05 bits per heavy atom. The van der Waals surface area contributed by atoms with Gasteiger partial charge < -0.3 is 15.1 Å². The maximum absolute atomic E-state index is 12.3. The van der Waals surface area contributed by atoms with E-state index >= 15 is 0 Å². The van der Waals surface area contributed by atoms with Gasteiger partial charge in [-0.3, -0.25) is 4.79 Å². The lowest BCUT2D eigenvalue weighted by atomic mass is 10.1. The van der Waals surface area contributed by atoms with E-state index in [-0.39, 0.29) is 18.0 Å². The summed E-state index contributed by atoms with van der Waals surface area (Å²) in [6.07, 6.45) is 3.97. The Kier molecular flexibility index (Phi) is 5.48. The van der Waals surface area contributed by atoms with Crippen molar-refractivity contribution in [1.82, 2.24) is 15.1 Å². The molecule has 1 aliphatic heterocycles. The number of carbonyl (C=O) groups excluding carboxylic acids is 2. The molecule has 0 bridgehead atoms. The summed E-state index contributed by atoms with van der Waals surface area (Å²) >= 11 is 0. The molecule has 5 nitrogen and oxygen atoms in total. The van der Waals surface area contributed by atoms with Gasteiger partial charge in [-0.25, -0.2) is 4.79 Å². The number of hydrogen-bond donors (Lipinski definition) is 1. The number of carbonyl (C=O) groups is 2. The monoisotopic (exact) mass is 295 g/mol. The summed E-state index contributed by atoms with van der Waals surface area (Å²) in [6.45, 7) is 9.25. The number of amides is 3. The molecular formula is C16H29N3O2. The first kappa shape index (κ1) is 16.1. The molecule has 2 aliphatic rings. The first-order valence-corrected chi connectivity index (χ1v) is 8.31. The van der Waals surface area contributed by atoms with E-state index in [1.807, 2.05) is 9.80 Å². The Hall–Kier alpha value is -1.26. The quantitative estimate of drug-likeness (QED) is 0.863. The van der Waals surface area contributed by atoms with Crippen molar-refractivity contribution >= 4 is 11.9 Å². The van der Waals surface area contributed by atoms with Gasteiger partial charge in [0.2, 0.25) is 5.91 Å². The third kappa shape index (κ3) is 4.90. The molecule has 3 amide bonds. The molecule has 0 aromatic rings. The number of hydrogen-bond acceptors (Lipinski definition) is 2. The van der Waals surface area contributed by atoms with Crippen LogP contribution >= 0.6 is 0 Å². The highest BCUT2D eigenvalue weighted by Crippen LogP contribution is 2.31. The molecule has 0 radical (unpaired) electrons. The minimum atomic E-state index is 0.0175. The van der Waals surface area contributed by atoms with Crippen molar-refractivity contribution in [2.45, 2.75) is 52.5 Å². The van der Waals surface area contributed by atoms with Crippen molar-refractivity contribution in [1.29, 1.82) is 0 Å². The molecule has 1 saturated carbocycles. The van der Waals surface area contributed by atoms with Crippen LogP contribution < -0.4 is 5.32 Å². The summed E-state index contributed by atoms with van der Waals surface area (Å²) in [5.41, 5.74) is 0. The van der Waals surface area contributed by atoms with Crippen LogP contribution in [0.25, 0.3) is 0 Å². The van der Waals surface area contributed by atoms with Crippen molar-refractivity contribution in [3.8, 4) is 0 Å². The van der Waals surface area contributed by atoms with Gasteiger partial charge in [0.15, 0.2) is 0 Å². The smallest absolute Gasteiger partial charge is 0.317 e. The maximum Gasteiger partial charge on any atom is 0.317 e. The molecule has 1 N–H and O–H groups in total. The molecule has 1 heterocycles. The van der Waals surface area contributed by atoms with Gasteiger partial charge in [0, 0.05) is 38.1 Å². The highest BCUT2D eigenvalue weighted by atomic mass is 16.2. The summed E-state index contributed by atoms with van der Waals surface area (Å²) < 4.78 is 0. The topological polar surface area (TPSA) is 52.7 Å². The van der Waals surface area contributed by atoms with Crippen molar-refractivity contribution in [3.05, 3.63) is 0 Å². The zero-order chi connectivity index (χ0) is 15.4. The Balaban J connectivity index is 1.78. The number of urea groups is 1. The molecule has 0 aromatic carbocycles. The zero-order valence-corrected chi connectivity index (χ0v) is 13.6. The molecule has 1 aliphatic carbocycles. The van der Waals surface area contributed by atoms with Gasteiger partial charge in [0.1, 0.15) is 0 Å². The summed E-state index contributed by atoms with van der Waals surface area (Å²) in [4.78, 5) is 28.2. The SMILES string of the molecule is CC(C)C[C@H](C)NC(=O)N1CCCN(C(=O)C2CC2)CC1. The van der Waals surface area contributed by atoms with Crippen LogP contribution in [0.4, 0.5) is 4.79 Å². The fourth-order valence-corrected chi connectivity index (χ4v) is 3.00. The van der Waals surface area contributed by atoms with Gasteiger partial charge in [-0.15, -0.1) is 0 Å². The van der Waals surface area contributed by atoms with Crippen LogP contribution in [-0.4, -0.2) is 54.0 Å². The zero-order valence-electron chi connectivity index (χ0n) is 13.6. The molecule has 0 unspecified atom stereocenters. The number of nitrogens with zero attached hydrogens (tertiary/aromatic N) is 2. The lowest BCUT2D eigenvalue weighted by Crippen LogP contribution is -2.46. The summed E-state index contributed by atoms with van der Waals surface area (Å²) in [5, 5.41) is 3.07. The highest BCUT2D eigenvalue weighted by Gasteiger charge is 2.34. The molecule has 0 spiro atoms. The van der Waals surface area contributed by atoms with Crippen LogP contribution in [0.5, 0.6) is 0 Å². The molecule has 1 saturated heterocycles. The van der Waals surface area contributed by atoms with Gasteiger partial charge in [0.25, 0.3) is 0 Å². The summed E-state index contributed by atoms with van der Waals surface area (Å²) in [5.74, 6) is 1.15. The predicted octanol–water partition coefficient (Wildman–Crippen LogP) is 2.07. The van der Waals surface area contributed by atoms with Crippen LogP contribution in [0.3, 0.4) is 0 Å². The first-order valence-electron chi connectivity index (χ1n) is 8.31. The predicted molar refractivity (Wildman–Crippen MR) is 82.9 cm³/mol. The minimum absolute atomic E-state index is 0.0175. The lowest BCUT2D eigenvalue weighted by Gasteiger charge is -2.25. The second kappa shape index (κ2) is 7.14. The van der Waals surface area contributed by atoms with Crippen molar-refractivity contribution in [2.75, 3.05) is 26.2 Å². The molecule has 2 fully saturated rings. The van der Waals surface area contributed by atoms with Crippen LogP contribution in [0, 0.1) is 11.8 Å². The molecule has 2 rings (SSSR count).